The highest BCUT2D eigenvalue weighted by Gasteiger charge is 2.18. The minimum absolute atomic E-state index is 0.0799. The van der Waals surface area contributed by atoms with Gasteiger partial charge < -0.3 is 5.73 Å². The van der Waals surface area contributed by atoms with E-state index in [-0.39, 0.29) is 5.41 Å². The van der Waals surface area contributed by atoms with E-state index >= 15 is 0 Å². The van der Waals surface area contributed by atoms with E-state index in [1.165, 1.54) is 0 Å². The molecule has 0 bridgehead atoms. The van der Waals surface area contributed by atoms with Gasteiger partial charge in [0.05, 0.1) is 5.70 Å². The molecule has 1 nitrogen and oxygen atoms in total. The standard InChI is InChI=1S/C9H17N/c1-5-7-9(3,4)8(10)6-2/h2,5,7,10H2,1,3-4H3. The Hall–Kier alpha value is -0.680. The third kappa shape index (κ3) is 2.28. The molecule has 0 radical (unpaired) electrons. The Balaban J connectivity index is 4.24. The average Bonchev–Trinajstić information content (AvgIpc) is 1.86. The van der Waals surface area contributed by atoms with Gasteiger partial charge >= 0.3 is 0 Å². The molecule has 0 aromatic rings. The van der Waals surface area contributed by atoms with Crippen LogP contribution in [-0.4, -0.2) is 0 Å². The van der Waals surface area contributed by atoms with Gasteiger partial charge in [-0.1, -0.05) is 33.8 Å². The Labute approximate surface area is 63.6 Å². The largest absolute Gasteiger partial charge is 0.395 e. The summed E-state index contributed by atoms with van der Waals surface area (Å²) in [6.45, 7) is 9.90. The molecule has 0 aliphatic heterocycles. The van der Waals surface area contributed by atoms with E-state index in [2.05, 4.69) is 33.1 Å². The minimum Gasteiger partial charge on any atom is -0.395 e. The van der Waals surface area contributed by atoms with Crippen LogP contribution in [0.5, 0.6) is 0 Å². The summed E-state index contributed by atoms with van der Waals surface area (Å²) in [5, 5.41) is 0. The van der Waals surface area contributed by atoms with Crippen molar-refractivity contribution in [1.29, 1.82) is 0 Å². The molecule has 0 fully saturated rings. The van der Waals surface area contributed by atoms with Crippen molar-refractivity contribution >= 4 is 0 Å². The molecule has 2 N–H and O–H groups in total. The molecular formula is C9H17N. The maximum absolute atomic E-state index is 5.68. The second kappa shape index (κ2) is 3.48. The van der Waals surface area contributed by atoms with Crippen molar-refractivity contribution in [3.63, 3.8) is 0 Å². The Bertz CT molecular complexity index is 150. The van der Waals surface area contributed by atoms with E-state index in [0.717, 1.165) is 18.5 Å². The van der Waals surface area contributed by atoms with Gasteiger partial charge in [0, 0.05) is 5.41 Å². The van der Waals surface area contributed by atoms with Crippen LogP contribution in [0.25, 0.3) is 0 Å². The average molecular weight is 139 g/mol. The number of rotatable bonds is 3. The molecule has 0 aliphatic rings. The first kappa shape index (κ1) is 9.32. The fourth-order valence-corrected chi connectivity index (χ4v) is 0.999. The van der Waals surface area contributed by atoms with E-state index in [1.807, 2.05) is 0 Å². The van der Waals surface area contributed by atoms with Crippen molar-refractivity contribution in [3.05, 3.63) is 18.0 Å². The molecular weight excluding hydrogens is 122 g/mol. The van der Waals surface area contributed by atoms with E-state index < -0.39 is 0 Å². The summed E-state index contributed by atoms with van der Waals surface area (Å²) in [5.41, 5.74) is 9.27. The van der Waals surface area contributed by atoms with Crippen LogP contribution >= 0.6 is 0 Å². The Morgan fingerprint density at radius 1 is 1.60 bits per heavy atom. The van der Waals surface area contributed by atoms with Crippen LogP contribution in [0.3, 0.4) is 0 Å². The minimum atomic E-state index is 0.0799. The molecule has 0 unspecified atom stereocenters. The third-order valence-electron chi connectivity index (χ3n) is 1.79. The second-order valence-electron chi connectivity index (χ2n) is 3.22. The number of hydrogen-bond acceptors (Lipinski definition) is 1. The summed E-state index contributed by atoms with van der Waals surface area (Å²) < 4.78 is 0. The van der Waals surface area contributed by atoms with Crippen LogP contribution in [0.2, 0.25) is 0 Å². The quantitative estimate of drug-likeness (QED) is 0.597. The molecule has 0 heterocycles. The van der Waals surface area contributed by atoms with Gasteiger partial charge in [0.15, 0.2) is 0 Å². The number of nitrogens with two attached hydrogens (primary N) is 1. The summed E-state index contributed by atoms with van der Waals surface area (Å²) in [4.78, 5) is 0. The fourth-order valence-electron chi connectivity index (χ4n) is 0.999. The third-order valence-corrected chi connectivity index (χ3v) is 1.79. The lowest BCUT2D eigenvalue weighted by atomic mass is 9.85. The molecule has 0 aromatic carbocycles. The molecule has 0 aromatic heterocycles. The van der Waals surface area contributed by atoms with E-state index in [4.69, 9.17) is 5.73 Å². The lowest BCUT2D eigenvalue weighted by Gasteiger charge is -2.22. The molecule has 58 valence electrons. The van der Waals surface area contributed by atoms with Gasteiger partial charge in [-0.05, 0) is 6.42 Å². The van der Waals surface area contributed by atoms with Crippen molar-refractivity contribution < 1.29 is 0 Å². The molecule has 0 rings (SSSR count). The maximum Gasteiger partial charge on any atom is 0.0563 e. The smallest absolute Gasteiger partial charge is 0.0563 e. The zero-order valence-electron chi connectivity index (χ0n) is 7.20. The summed E-state index contributed by atoms with van der Waals surface area (Å²) >= 11 is 0. The predicted molar refractivity (Wildman–Crippen MR) is 45.5 cm³/mol. The van der Waals surface area contributed by atoms with Gasteiger partial charge in [0.25, 0.3) is 0 Å². The highest BCUT2D eigenvalue weighted by Crippen LogP contribution is 2.26. The van der Waals surface area contributed by atoms with Crippen LogP contribution < -0.4 is 5.73 Å². The predicted octanol–water partition coefficient (Wildman–Crippen LogP) is 2.44. The molecule has 1 heteroatoms. The van der Waals surface area contributed by atoms with E-state index in [9.17, 15) is 0 Å². The molecule has 0 aliphatic carbocycles. The topological polar surface area (TPSA) is 26.0 Å². The summed E-state index contributed by atoms with van der Waals surface area (Å²) in [6.07, 6.45) is 2.25. The Morgan fingerprint density at radius 2 is 2.10 bits per heavy atom. The van der Waals surface area contributed by atoms with Gasteiger partial charge in [0.1, 0.15) is 0 Å². The van der Waals surface area contributed by atoms with Crippen LogP contribution in [0.4, 0.5) is 0 Å². The summed E-state index contributed by atoms with van der Waals surface area (Å²) in [5.74, 6) is 0. The molecule has 0 amide bonds. The van der Waals surface area contributed by atoms with Crippen LogP contribution in [-0.2, 0) is 0 Å². The maximum atomic E-state index is 5.68. The normalized spacial score (nSPS) is 10.7. The van der Waals surface area contributed by atoms with Crippen molar-refractivity contribution in [2.45, 2.75) is 33.6 Å². The highest BCUT2D eigenvalue weighted by molar-refractivity contribution is 5.04. The Kier molecular flexibility index (Phi) is 3.24. The summed E-state index contributed by atoms with van der Waals surface area (Å²) in [7, 11) is 0. The van der Waals surface area contributed by atoms with Crippen LogP contribution in [0.1, 0.15) is 33.6 Å². The number of hydrogen-bond donors (Lipinski definition) is 1. The monoisotopic (exact) mass is 139 g/mol. The van der Waals surface area contributed by atoms with Crippen molar-refractivity contribution in [2.75, 3.05) is 0 Å². The van der Waals surface area contributed by atoms with Crippen molar-refractivity contribution in [3.8, 4) is 0 Å². The van der Waals surface area contributed by atoms with Crippen LogP contribution in [0.15, 0.2) is 18.0 Å². The SMILES string of the molecule is C=C=C(N)C(C)(C)CCC. The summed E-state index contributed by atoms with van der Waals surface area (Å²) in [6, 6.07) is 0. The lowest BCUT2D eigenvalue weighted by molar-refractivity contribution is 0.399. The van der Waals surface area contributed by atoms with Gasteiger partial charge in [-0.15, -0.1) is 5.73 Å². The van der Waals surface area contributed by atoms with Crippen molar-refractivity contribution in [2.24, 2.45) is 11.1 Å². The molecule has 0 spiro atoms. The fraction of sp³-hybridized carbons (Fsp3) is 0.667. The van der Waals surface area contributed by atoms with Gasteiger partial charge in [-0.2, -0.15) is 0 Å². The van der Waals surface area contributed by atoms with Gasteiger partial charge in [0.2, 0.25) is 0 Å². The zero-order chi connectivity index (χ0) is 8.20. The molecule has 0 saturated carbocycles. The van der Waals surface area contributed by atoms with E-state index in [1.54, 1.807) is 0 Å². The number of allylic oxidation sites excluding steroid dienone is 1. The first-order valence-corrected chi connectivity index (χ1v) is 3.70. The first-order chi connectivity index (χ1) is 4.54. The van der Waals surface area contributed by atoms with Gasteiger partial charge in [-0.25, -0.2) is 0 Å². The zero-order valence-corrected chi connectivity index (χ0v) is 7.20. The molecule has 0 saturated heterocycles. The first-order valence-electron chi connectivity index (χ1n) is 3.70. The highest BCUT2D eigenvalue weighted by atomic mass is 14.6. The van der Waals surface area contributed by atoms with Crippen LogP contribution in [0, 0.1) is 5.41 Å². The lowest BCUT2D eigenvalue weighted by Crippen LogP contribution is -2.19. The molecule has 10 heavy (non-hydrogen) atoms. The Morgan fingerprint density at radius 3 is 2.40 bits per heavy atom. The molecule has 0 atom stereocenters. The van der Waals surface area contributed by atoms with Gasteiger partial charge in [-0.3, -0.25) is 0 Å². The van der Waals surface area contributed by atoms with E-state index in [0.29, 0.717) is 0 Å². The van der Waals surface area contributed by atoms with Crippen molar-refractivity contribution in [1.82, 2.24) is 0 Å². The second-order valence-corrected chi connectivity index (χ2v) is 3.22.